The summed E-state index contributed by atoms with van der Waals surface area (Å²) in [5.74, 6) is 1.21. The van der Waals surface area contributed by atoms with Gasteiger partial charge in [0.1, 0.15) is 5.78 Å². The predicted molar refractivity (Wildman–Crippen MR) is 62.5 cm³/mol. The van der Waals surface area contributed by atoms with E-state index in [0.29, 0.717) is 5.78 Å². The smallest absolute Gasteiger partial charge is 0.132 e. The van der Waals surface area contributed by atoms with Crippen LogP contribution >= 0.6 is 0 Å². The molecule has 0 fully saturated rings. The molecule has 0 saturated heterocycles. The molecule has 1 nitrogen and oxygen atoms in total. The molecule has 0 unspecified atom stereocenters. The third-order valence-electron chi connectivity index (χ3n) is 2.55. The summed E-state index contributed by atoms with van der Waals surface area (Å²) in [6.07, 6.45) is 8.77. The van der Waals surface area contributed by atoms with Crippen LogP contribution in [0.25, 0.3) is 0 Å². The van der Waals surface area contributed by atoms with E-state index in [0.717, 1.165) is 31.6 Å². The minimum Gasteiger partial charge on any atom is -0.300 e. The molecule has 0 aromatic rings. The van der Waals surface area contributed by atoms with Crippen molar-refractivity contribution in [3.05, 3.63) is 0 Å². The Morgan fingerprint density at radius 3 is 2.21 bits per heavy atom. The molecule has 0 saturated carbocycles. The molecule has 0 aromatic carbocycles. The zero-order chi connectivity index (χ0) is 10.8. The SMILES string of the molecule is CCCCCCC(=O)CCCC(C)C. The largest absolute Gasteiger partial charge is 0.300 e. The van der Waals surface area contributed by atoms with E-state index >= 15 is 0 Å². The van der Waals surface area contributed by atoms with Gasteiger partial charge in [0.15, 0.2) is 0 Å². The Bertz CT molecular complexity index is 138. The molecule has 0 radical (unpaired) electrons. The van der Waals surface area contributed by atoms with Crippen LogP contribution in [0.15, 0.2) is 0 Å². The lowest BCUT2D eigenvalue weighted by Crippen LogP contribution is -1.99. The Labute approximate surface area is 89.3 Å². The van der Waals surface area contributed by atoms with E-state index in [4.69, 9.17) is 0 Å². The summed E-state index contributed by atoms with van der Waals surface area (Å²) in [4.78, 5) is 11.4. The number of Topliss-reactive ketones (excluding diaryl/α,β-unsaturated/α-hetero) is 1. The van der Waals surface area contributed by atoms with Crippen molar-refractivity contribution in [3.63, 3.8) is 0 Å². The first kappa shape index (κ1) is 13.7. The Balaban J connectivity index is 3.20. The Morgan fingerprint density at radius 2 is 1.64 bits per heavy atom. The highest BCUT2D eigenvalue weighted by atomic mass is 16.1. The molecule has 0 spiro atoms. The quantitative estimate of drug-likeness (QED) is 0.503. The Kier molecular flexibility index (Phi) is 9.02. The zero-order valence-electron chi connectivity index (χ0n) is 10.1. The molecule has 0 aliphatic rings. The standard InChI is InChI=1S/C13H26O/c1-4-5-6-7-10-13(14)11-8-9-12(2)3/h12H,4-11H2,1-3H3. The summed E-state index contributed by atoms with van der Waals surface area (Å²) in [6.45, 7) is 6.63. The molecule has 0 bridgehead atoms. The molecule has 0 amide bonds. The van der Waals surface area contributed by atoms with Gasteiger partial charge in [0.25, 0.3) is 0 Å². The second kappa shape index (κ2) is 9.23. The van der Waals surface area contributed by atoms with Gasteiger partial charge in [0, 0.05) is 12.8 Å². The van der Waals surface area contributed by atoms with Crippen LogP contribution in [0.4, 0.5) is 0 Å². The highest BCUT2D eigenvalue weighted by molar-refractivity contribution is 5.78. The van der Waals surface area contributed by atoms with Crippen molar-refractivity contribution in [1.29, 1.82) is 0 Å². The molecule has 0 heterocycles. The molecular weight excluding hydrogens is 172 g/mol. The van der Waals surface area contributed by atoms with Gasteiger partial charge in [-0.25, -0.2) is 0 Å². The van der Waals surface area contributed by atoms with E-state index in [1.54, 1.807) is 0 Å². The molecule has 0 aliphatic heterocycles. The lowest BCUT2D eigenvalue weighted by molar-refractivity contribution is -0.119. The zero-order valence-corrected chi connectivity index (χ0v) is 10.1. The molecule has 14 heavy (non-hydrogen) atoms. The van der Waals surface area contributed by atoms with Crippen molar-refractivity contribution in [2.75, 3.05) is 0 Å². The monoisotopic (exact) mass is 198 g/mol. The van der Waals surface area contributed by atoms with Gasteiger partial charge in [-0.3, -0.25) is 4.79 Å². The summed E-state index contributed by atoms with van der Waals surface area (Å²) in [5.41, 5.74) is 0. The van der Waals surface area contributed by atoms with Crippen molar-refractivity contribution in [3.8, 4) is 0 Å². The molecule has 84 valence electrons. The molecule has 0 aliphatic carbocycles. The summed E-state index contributed by atoms with van der Waals surface area (Å²) in [5, 5.41) is 0. The van der Waals surface area contributed by atoms with Gasteiger partial charge in [0.05, 0.1) is 0 Å². The molecule has 0 atom stereocenters. The van der Waals surface area contributed by atoms with E-state index in [9.17, 15) is 4.79 Å². The minimum atomic E-state index is 0.474. The number of rotatable bonds is 9. The predicted octanol–water partition coefficient (Wildman–Crippen LogP) is 4.35. The van der Waals surface area contributed by atoms with Gasteiger partial charge in [-0.05, 0) is 18.8 Å². The molecule has 0 rings (SSSR count). The van der Waals surface area contributed by atoms with Crippen molar-refractivity contribution < 1.29 is 4.79 Å². The molecule has 1 heteroatoms. The average molecular weight is 198 g/mol. The van der Waals surface area contributed by atoms with Crippen molar-refractivity contribution in [2.24, 2.45) is 5.92 Å². The van der Waals surface area contributed by atoms with Crippen LogP contribution in [-0.2, 0) is 4.79 Å². The fourth-order valence-electron chi connectivity index (χ4n) is 1.58. The first-order valence-electron chi connectivity index (χ1n) is 6.18. The van der Waals surface area contributed by atoms with E-state index < -0.39 is 0 Å². The highest BCUT2D eigenvalue weighted by Gasteiger charge is 2.02. The van der Waals surface area contributed by atoms with Gasteiger partial charge in [0.2, 0.25) is 0 Å². The van der Waals surface area contributed by atoms with Crippen LogP contribution in [0.5, 0.6) is 0 Å². The van der Waals surface area contributed by atoms with E-state index in [2.05, 4.69) is 20.8 Å². The summed E-state index contributed by atoms with van der Waals surface area (Å²) in [6, 6.07) is 0. The van der Waals surface area contributed by atoms with Crippen LogP contribution in [-0.4, -0.2) is 5.78 Å². The number of carbonyl (C=O) groups excluding carboxylic acids is 1. The van der Waals surface area contributed by atoms with Crippen LogP contribution < -0.4 is 0 Å². The third-order valence-corrected chi connectivity index (χ3v) is 2.55. The van der Waals surface area contributed by atoms with Gasteiger partial charge in [-0.2, -0.15) is 0 Å². The maximum absolute atomic E-state index is 11.4. The normalized spacial score (nSPS) is 10.9. The van der Waals surface area contributed by atoms with E-state index in [1.165, 1.54) is 25.7 Å². The topological polar surface area (TPSA) is 17.1 Å². The van der Waals surface area contributed by atoms with E-state index in [-0.39, 0.29) is 0 Å². The number of carbonyl (C=O) groups is 1. The first-order valence-corrected chi connectivity index (χ1v) is 6.18. The van der Waals surface area contributed by atoms with Gasteiger partial charge in [-0.1, -0.05) is 46.5 Å². The number of unbranched alkanes of at least 4 members (excludes halogenated alkanes) is 3. The van der Waals surface area contributed by atoms with Gasteiger partial charge < -0.3 is 0 Å². The maximum Gasteiger partial charge on any atom is 0.132 e. The van der Waals surface area contributed by atoms with Crippen LogP contribution in [0.2, 0.25) is 0 Å². The van der Waals surface area contributed by atoms with Crippen molar-refractivity contribution in [1.82, 2.24) is 0 Å². The summed E-state index contributed by atoms with van der Waals surface area (Å²) in [7, 11) is 0. The average Bonchev–Trinajstić information content (AvgIpc) is 2.12. The first-order chi connectivity index (χ1) is 6.66. The van der Waals surface area contributed by atoms with Crippen molar-refractivity contribution >= 4 is 5.78 Å². The fraction of sp³-hybridized carbons (Fsp3) is 0.923. The second-order valence-electron chi connectivity index (χ2n) is 4.64. The lowest BCUT2D eigenvalue weighted by atomic mass is 10.0. The number of ketones is 1. The fourth-order valence-corrected chi connectivity index (χ4v) is 1.58. The summed E-state index contributed by atoms with van der Waals surface area (Å²) < 4.78 is 0. The Morgan fingerprint density at radius 1 is 1.00 bits per heavy atom. The molecule has 0 aromatic heterocycles. The lowest BCUT2D eigenvalue weighted by Gasteiger charge is -2.03. The molecule has 0 N–H and O–H groups in total. The summed E-state index contributed by atoms with van der Waals surface area (Å²) >= 11 is 0. The van der Waals surface area contributed by atoms with Crippen LogP contribution in [0, 0.1) is 5.92 Å². The Hall–Kier alpha value is -0.330. The number of hydrogen-bond donors (Lipinski definition) is 0. The van der Waals surface area contributed by atoms with Gasteiger partial charge >= 0.3 is 0 Å². The van der Waals surface area contributed by atoms with Crippen LogP contribution in [0.1, 0.15) is 72.1 Å². The third kappa shape index (κ3) is 9.76. The highest BCUT2D eigenvalue weighted by Crippen LogP contribution is 2.10. The maximum atomic E-state index is 11.4. The van der Waals surface area contributed by atoms with Crippen molar-refractivity contribution in [2.45, 2.75) is 72.1 Å². The van der Waals surface area contributed by atoms with E-state index in [1.807, 2.05) is 0 Å². The second-order valence-corrected chi connectivity index (χ2v) is 4.64. The van der Waals surface area contributed by atoms with Crippen LogP contribution in [0.3, 0.4) is 0 Å². The molecular formula is C13H26O. The number of hydrogen-bond acceptors (Lipinski definition) is 1. The van der Waals surface area contributed by atoms with Gasteiger partial charge in [-0.15, -0.1) is 0 Å². The minimum absolute atomic E-state index is 0.474.